The molecule has 0 bridgehead atoms. The van der Waals surface area contributed by atoms with E-state index >= 15 is 0 Å². The van der Waals surface area contributed by atoms with E-state index in [0.717, 1.165) is 23.3 Å². The van der Waals surface area contributed by atoms with E-state index in [1.165, 1.54) is 12.1 Å². The van der Waals surface area contributed by atoms with Crippen LogP contribution in [0, 0.1) is 0 Å². The van der Waals surface area contributed by atoms with Crippen LogP contribution in [0.5, 0.6) is 0 Å². The lowest BCUT2D eigenvalue weighted by Gasteiger charge is -2.07. The Morgan fingerprint density at radius 1 is 0.783 bits per heavy atom. The Kier molecular flexibility index (Phi) is 4.75. The largest absolute Gasteiger partial charge is 0.501 e. The van der Waals surface area contributed by atoms with Crippen molar-refractivity contribution < 1.29 is 21.6 Å². The molecule has 2 aromatic rings. The molecule has 0 heterocycles. The maximum atomic E-state index is 12.4. The van der Waals surface area contributed by atoms with E-state index in [4.69, 9.17) is 0 Å². The highest BCUT2D eigenvalue weighted by Crippen LogP contribution is 2.30. The van der Waals surface area contributed by atoms with E-state index < -0.39 is 20.2 Å². The fourth-order valence-corrected chi connectivity index (χ4v) is 2.59. The van der Waals surface area contributed by atoms with Crippen molar-refractivity contribution in [3.05, 3.63) is 71.8 Å². The molecule has 120 valence electrons. The Bertz CT molecular complexity index is 816. The van der Waals surface area contributed by atoms with Crippen molar-refractivity contribution in [2.24, 2.45) is 0 Å². The molecular weight excluding hydrogens is 325 g/mol. The molecular formula is C17H13F3O2S. The Morgan fingerprint density at radius 3 is 1.57 bits per heavy atom. The summed E-state index contributed by atoms with van der Waals surface area (Å²) in [5.74, 6) is 0. The van der Waals surface area contributed by atoms with E-state index in [1.807, 2.05) is 24.3 Å². The molecule has 0 aromatic heterocycles. The monoisotopic (exact) mass is 338 g/mol. The van der Waals surface area contributed by atoms with Crippen LogP contribution in [0.25, 0.3) is 18.2 Å². The van der Waals surface area contributed by atoms with E-state index in [-0.39, 0.29) is 0 Å². The first kappa shape index (κ1) is 17.0. The molecule has 0 aliphatic carbocycles. The summed E-state index contributed by atoms with van der Waals surface area (Å²) in [5.41, 5.74) is -2.82. The Hall–Kier alpha value is -2.34. The van der Waals surface area contributed by atoms with Gasteiger partial charge in [-0.15, -0.1) is 0 Å². The topological polar surface area (TPSA) is 34.1 Å². The van der Waals surface area contributed by atoms with E-state index in [2.05, 4.69) is 6.58 Å². The quantitative estimate of drug-likeness (QED) is 0.751. The normalized spacial score (nSPS) is 12.5. The van der Waals surface area contributed by atoms with Crippen LogP contribution < -0.4 is 0 Å². The molecule has 0 N–H and O–H groups in total. The van der Waals surface area contributed by atoms with Gasteiger partial charge in [0.1, 0.15) is 0 Å². The zero-order valence-electron chi connectivity index (χ0n) is 11.9. The van der Waals surface area contributed by atoms with E-state index in [9.17, 15) is 21.6 Å². The van der Waals surface area contributed by atoms with Crippen LogP contribution in [0.15, 0.2) is 60.0 Å². The lowest BCUT2D eigenvalue weighted by molar-refractivity contribution is -0.0436. The molecule has 6 heteroatoms. The second-order valence-electron chi connectivity index (χ2n) is 4.72. The van der Waals surface area contributed by atoms with Gasteiger partial charge in [0.05, 0.1) is 4.90 Å². The first-order chi connectivity index (χ1) is 10.7. The summed E-state index contributed by atoms with van der Waals surface area (Å²) in [6.45, 7) is 3.65. The van der Waals surface area contributed by atoms with Gasteiger partial charge in [-0.2, -0.15) is 13.2 Å². The molecule has 0 aliphatic rings. The summed E-state index contributed by atoms with van der Waals surface area (Å²) in [5, 5.41) is 0. The highest BCUT2D eigenvalue weighted by molar-refractivity contribution is 7.92. The van der Waals surface area contributed by atoms with Crippen LogP contribution in [-0.4, -0.2) is 13.9 Å². The average Bonchev–Trinajstić information content (AvgIpc) is 2.53. The molecule has 0 aliphatic heterocycles. The van der Waals surface area contributed by atoms with E-state index in [0.29, 0.717) is 5.56 Å². The van der Waals surface area contributed by atoms with Crippen LogP contribution in [0.4, 0.5) is 13.2 Å². The smallest absolute Gasteiger partial charge is 0.214 e. The fourth-order valence-electron chi connectivity index (χ4n) is 1.83. The molecule has 0 fully saturated rings. The second kappa shape index (κ2) is 6.42. The molecule has 23 heavy (non-hydrogen) atoms. The molecule has 0 spiro atoms. The zero-order chi connectivity index (χ0) is 17.1. The highest BCUT2D eigenvalue weighted by Gasteiger charge is 2.46. The predicted octanol–water partition coefficient (Wildman–Crippen LogP) is 4.79. The lowest BCUT2D eigenvalue weighted by atomic mass is 10.1. The van der Waals surface area contributed by atoms with Crippen molar-refractivity contribution in [1.82, 2.24) is 0 Å². The van der Waals surface area contributed by atoms with Gasteiger partial charge in [0.2, 0.25) is 0 Å². The summed E-state index contributed by atoms with van der Waals surface area (Å²) < 4.78 is 59.8. The Labute approximate surface area is 132 Å². The van der Waals surface area contributed by atoms with Crippen molar-refractivity contribution in [1.29, 1.82) is 0 Å². The molecule has 0 radical (unpaired) electrons. The van der Waals surface area contributed by atoms with Gasteiger partial charge < -0.3 is 0 Å². The van der Waals surface area contributed by atoms with Crippen LogP contribution in [0.1, 0.15) is 16.7 Å². The number of alkyl halides is 3. The number of sulfone groups is 1. The first-order valence-corrected chi connectivity index (χ1v) is 8.04. The lowest BCUT2D eigenvalue weighted by Crippen LogP contribution is -2.23. The van der Waals surface area contributed by atoms with Gasteiger partial charge >= 0.3 is 5.51 Å². The minimum atomic E-state index is -5.30. The third-order valence-electron chi connectivity index (χ3n) is 3.14. The number of rotatable bonds is 4. The van der Waals surface area contributed by atoms with Crippen molar-refractivity contribution in [3.63, 3.8) is 0 Å². The molecule has 0 atom stereocenters. The summed E-state index contributed by atoms with van der Waals surface area (Å²) in [6.07, 6.45) is 5.18. The third kappa shape index (κ3) is 3.90. The van der Waals surface area contributed by atoms with Gasteiger partial charge in [-0.1, -0.05) is 61.2 Å². The SMILES string of the molecule is C=Cc1ccc(/C=C/c2ccc(S(=O)(=O)C(F)(F)F)cc2)cc1. The number of halogens is 3. The van der Waals surface area contributed by atoms with Gasteiger partial charge in [0.25, 0.3) is 9.84 Å². The standard InChI is InChI=1S/C17H13F3O2S/c1-2-13-3-5-14(6-4-13)7-8-15-9-11-16(12-10-15)23(21,22)17(18,19)20/h2-12H,1H2/b8-7+. The minimum absolute atomic E-state index is 0.596. The molecule has 2 aromatic carbocycles. The van der Waals surface area contributed by atoms with Gasteiger partial charge in [-0.3, -0.25) is 0 Å². The van der Waals surface area contributed by atoms with Gasteiger partial charge in [-0.25, -0.2) is 8.42 Å². The third-order valence-corrected chi connectivity index (χ3v) is 4.64. The van der Waals surface area contributed by atoms with Crippen molar-refractivity contribution >= 4 is 28.1 Å². The highest BCUT2D eigenvalue weighted by atomic mass is 32.2. The van der Waals surface area contributed by atoms with Gasteiger partial charge in [0.15, 0.2) is 0 Å². The maximum absolute atomic E-state index is 12.4. The van der Waals surface area contributed by atoms with Crippen molar-refractivity contribution in [2.75, 3.05) is 0 Å². The second-order valence-corrected chi connectivity index (χ2v) is 6.66. The first-order valence-electron chi connectivity index (χ1n) is 6.56. The number of hydrogen-bond acceptors (Lipinski definition) is 2. The summed E-state index contributed by atoms with van der Waals surface area (Å²) in [6, 6.07) is 12.1. The molecule has 2 nitrogen and oxygen atoms in total. The maximum Gasteiger partial charge on any atom is 0.501 e. The van der Waals surface area contributed by atoms with Gasteiger partial charge in [-0.05, 0) is 28.8 Å². The van der Waals surface area contributed by atoms with Gasteiger partial charge in [0, 0.05) is 0 Å². The summed E-state index contributed by atoms with van der Waals surface area (Å²) in [7, 11) is -5.30. The average molecular weight is 338 g/mol. The molecule has 0 saturated heterocycles. The molecule has 2 rings (SSSR count). The molecule has 0 unspecified atom stereocenters. The van der Waals surface area contributed by atoms with Crippen LogP contribution in [0.2, 0.25) is 0 Å². The molecule has 0 amide bonds. The summed E-state index contributed by atoms with van der Waals surface area (Å²) >= 11 is 0. The number of benzene rings is 2. The Morgan fingerprint density at radius 2 is 1.17 bits per heavy atom. The minimum Gasteiger partial charge on any atom is -0.214 e. The summed E-state index contributed by atoms with van der Waals surface area (Å²) in [4.78, 5) is -0.766. The van der Waals surface area contributed by atoms with Crippen molar-refractivity contribution in [3.8, 4) is 0 Å². The van der Waals surface area contributed by atoms with Crippen LogP contribution in [-0.2, 0) is 9.84 Å². The number of hydrogen-bond donors (Lipinski definition) is 0. The predicted molar refractivity (Wildman–Crippen MR) is 85.1 cm³/mol. The van der Waals surface area contributed by atoms with E-state index in [1.54, 1.807) is 18.2 Å². The van der Waals surface area contributed by atoms with Crippen molar-refractivity contribution in [2.45, 2.75) is 10.4 Å². The van der Waals surface area contributed by atoms with Crippen LogP contribution in [0.3, 0.4) is 0 Å². The van der Waals surface area contributed by atoms with Crippen LogP contribution >= 0.6 is 0 Å². The Balaban J connectivity index is 2.20. The molecule has 0 saturated carbocycles. The fraction of sp³-hybridized carbons (Fsp3) is 0.0588. The zero-order valence-corrected chi connectivity index (χ0v) is 12.7.